The Morgan fingerprint density at radius 1 is 1.17 bits per heavy atom. The number of amidine groups is 2. The zero-order chi connectivity index (χ0) is 21.5. The lowest BCUT2D eigenvalue weighted by molar-refractivity contribution is 0.379. The van der Waals surface area contributed by atoms with Crippen LogP contribution in [0.1, 0.15) is 5.56 Å². The summed E-state index contributed by atoms with van der Waals surface area (Å²) < 4.78 is 24.1. The molecule has 3 rings (SSSR count). The van der Waals surface area contributed by atoms with Gasteiger partial charge in [0.1, 0.15) is 35.6 Å². The van der Waals surface area contributed by atoms with Gasteiger partial charge < -0.3 is 20.6 Å². The third-order valence-corrected chi connectivity index (χ3v) is 4.09. The Morgan fingerprint density at radius 3 is 2.77 bits per heavy atom. The highest BCUT2D eigenvalue weighted by Crippen LogP contribution is 2.26. The minimum Gasteiger partial charge on any atom is -0.497 e. The second kappa shape index (κ2) is 9.42. The number of hydrogen-bond donors (Lipinski definition) is 3. The Balaban J connectivity index is 1.63. The number of aliphatic imine (C=N–C) groups is 1. The Kier molecular flexibility index (Phi) is 6.49. The molecule has 0 fully saturated rings. The van der Waals surface area contributed by atoms with Gasteiger partial charge in [-0.15, -0.1) is 0 Å². The molecule has 0 aliphatic heterocycles. The molecule has 0 bridgehead atoms. The van der Waals surface area contributed by atoms with E-state index in [2.05, 4.69) is 9.98 Å². The number of nitrogens with two attached hydrogens (primary N) is 1. The van der Waals surface area contributed by atoms with Gasteiger partial charge in [-0.25, -0.2) is 9.38 Å². The zero-order valence-electron chi connectivity index (χ0n) is 16.2. The molecule has 0 radical (unpaired) electrons. The number of nitrogens with zero attached hydrogens (tertiary/aromatic N) is 2. The van der Waals surface area contributed by atoms with E-state index in [0.717, 1.165) is 5.39 Å². The lowest BCUT2D eigenvalue weighted by Crippen LogP contribution is -2.22. The van der Waals surface area contributed by atoms with E-state index >= 15 is 0 Å². The predicted octanol–water partition coefficient (Wildman–Crippen LogP) is 3.72. The van der Waals surface area contributed by atoms with Crippen LogP contribution in [0.15, 0.2) is 71.9 Å². The van der Waals surface area contributed by atoms with Crippen LogP contribution in [0.25, 0.3) is 10.9 Å². The number of halogens is 1. The molecule has 0 saturated carbocycles. The molecule has 0 aliphatic rings. The van der Waals surface area contributed by atoms with Crippen molar-refractivity contribution >= 4 is 28.3 Å². The Hall–Kier alpha value is -4.07. The molecule has 0 spiro atoms. The molecular weight excluding hydrogens is 385 g/mol. The highest BCUT2D eigenvalue weighted by atomic mass is 19.1. The van der Waals surface area contributed by atoms with E-state index in [1.807, 2.05) is 12.1 Å². The topological polar surface area (TPSA) is 117 Å². The molecule has 0 unspecified atom stereocenters. The monoisotopic (exact) mass is 405 g/mol. The van der Waals surface area contributed by atoms with Gasteiger partial charge in [0.15, 0.2) is 0 Å². The minimum absolute atomic E-state index is 0.0251. The van der Waals surface area contributed by atoms with Crippen molar-refractivity contribution < 1.29 is 13.9 Å². The summed E-state index contributed by atoms with van der Waals surface area (Å²) in [4.78, 5) is 8.23. The van der Waals surface area contributed by atoms with Crippen molar-refractivity contribution in [3.05, 3.63) is 78.3 Å². The van der Waals surface area contributed by atoms with Crippen molar-refractivity contribution in [2.24, 2.45) is 10.7 Å². The SMILES string of the molecule is COc1ccc2c(OCC(N)=NC(=N)/C=C\C(=N)c3cccc(F)c3)ccnc2c1. The van der Waals surface area contributed by atoms with Crippen LogP contribution in [0.5, 0.6) is 11.5 Å². The predicted molar refractivity (Wildman–Crippen MR) is 116 cm³/mol. The molecule has 0 aliphatic carbocycles. The second-order valence-corrected chi connectivity index (χ2v) is 6.23. The zero-order valence-corrected chi connectivity index (χ0v) is 16.2. The maximum atomic E-state index is 13.2. The molecule has 152 valence electrons. The number of aromatic nitrogens is 1. The number of ether oxygens (including phenoxy) is 2. The van der Waals surface area contributed by atoms with E-state index < -0.39 is 5.82 Å². The van der Waals surface area contributed by atoms with Gasteiger partial charge in [-0.1, -0.05) is 12.1 Å². The fourth-order valence-corrected chi connectivity index (χ4v) is 2.64. The molecule has 7 nitrogen and oxygen atoms in total. The van der Waals surface area contributed by atoms with Crippen LogP contribution in [-0.2, 0) is 0 Å². The molecule has 30 heavy (non-hydrogen) atoms. The highest BCUT2D eigenvalue weighted by molar-refractivity contribution is 6.11. The van der Waals surface area contributed by atoms with Crippen molar-refractivity contribution in [3.8, 4) is 11.5 Å². The Morgan fingerprint density at radius 2 is 2.00 bits per heavy atom. The van der Waals surface area contributed by atoms with Gasteiger partial charge in [0.2, 0.25) is 0 Å². The molecule has 3 aromatic rings. The maximum absolute atomic E-state index is 13.2. The molecule has 8 heteroatoms. The number of allylic oxidation sites excluding steroid dienone is 1. The van der Waals surface area contributed by atoms with Gasteiger partial charge in [-0.2, -0.15) is 0 Å². The second-order valence-electron chi connectivity index (χ2n) is 6.23. The van der Waals surface area contributed by atoms with E-state index in [4.69, 9.17) is 26.0 Å². The molecular formula is C22H20FN5O2. The molecule has 0 atom stereocenters. The van der Waals surface area contributed by atoms with Gasteiger partial charge >= 0.3 is 0 Å². The number of nitrogens with one attached hydrogen (secondary N) is 2. The number of methoxy groups -OCH3 is 1. The average molecular weight is 405 g/mol. The first-order valence-electron chi connectivity index (χ1n) is 8.96. The summed E-state index contributed by atoms with van der Waals surface area (Å²) in [7, 11) is 1.58. The van der Waals surface area contributed by atoms with Crippen molar-refractivity contribution in [2.45, 2.75) is 0 Å². The lowest BCUT2D eigenvalue weighted by atomic mass is 10.1. The van der Waals surface area contributed by atoms with E-state index in [1.54, 1.807) is 31.5 Å². The van der Waals surface area contributed by atoms with Crippen molar-refractivity contribution in [1.82, 2.24) is 4.98 Å². The van der Waals surface area contributed by atoms with E-state index in [1.165, 1.54) is 30.4 Å². The minimum atomic E-state index is -0.428. The third-order valence-electron chi connectivity index (χ3n) is 4.09. The first kappa shape index (κ1) is 20.7. The Bertz CT molecular complexity index is 1160. The standard InChI is InChI=1S/C22H20FN5O2/c1-29-16-5-6-17-19(12-16)27-10-9-20(17)30-13-22(26)28-21(25)8-7-18(24)14-3-2-4-15(23)11-14/h2-12,24H,13H2,1H3,(H3,25,26,28)/b8-7-,24-18?. The van der Waals surface area contributed by atoms with Crippen LogP contribution < -0.4 is 15.2 Å². The fraction of sp³-hybridized carbons (Fsp3) is 0.0909. The molecule has 4 N–H and O–H groups in total. The molecule has 2 aromatic carbocycles. The number of rotatable bonds is 7. The molecule has 0 saturated heterocycles. The summed E-state index contributed by atoms with van der Waals surface area (Å²) in [6, 6.07) is 12.8. The normalized spacial score (nSPS) is 11.6. The first-order valence-corrected chi connectivity index (χ1v) is 8.96. The number of hydrogen-bond acceptors (Lipinski definition) is 5. The average Bonchev–Trinajstić information content (AvgIpc) is 2.75. The van der Waals surface area contributed by atoms with Crippen molar-refractivity contribution in [2.75, 3.05) is 13.7 Å². The molecule has 1 heterocycles. The van der Waals surface area contributed by atoms with Gasteiger partial charge in [-0.05, 0) is 42.5 Å². The lowest BCUT2D eigenvalue weighted by Gasteiger charge is -2.09. The van der Waals surface area contributed by atoms with Crippen LogP contribution >= 0.6 is 0 Å². The Labute approximate surface area is 172 Å². The largest absolute Gasteiger partial charge is 0.497 e. The van der Waals surface area contributed by atoms with Gasteiger partial charge in [0, 0.05) is 23.2 Å². The van der Waals surface area contributed by atoms with Crippen LogP contribution in [-0.4, -0.2) is 36.1 Å². The van der Waals surface area contributed by atoms with Crippen LogP contribution in [0, 0.1) is 16.6 Å². The molecule has 0 amide bonds. The summed E-state index contributed by atoms with van der Waals surface area (Å²) in [5, 5.41) is 16.6. The summed E-state index contributed by atoms with van der Waals surface area (Å²) in [6.45, 7) is -0.0251. The first-order chi connectivity index (χ1) is 14.5. The summed E-state index contributed by atoms with van der Waals surface area (Å²) in [5.41, 5.74) is 7.04. The fourth-order valence-electron chi connectivity index (χ4n) is 2.64. The van der Waals surface area contributed by atoms with Crippen LogP contribution in [0.4, 0.5) is 4.39 Å². The van der Waals surface area contributed by atoms with Gasteiger partial charge in [0.05, 0.1) is 18.3 Å². The quantitative estimate of drug-likeness (QED) is 0.410. The smallest absolute Gasteiger partial charge is 0.146 e. The highest BCUT2D eigenvalue weighted by Gasteiger charge is 2.06. The van der Waals surface area contributed by atoms with E-state index in [9.17, 15) is 4.39 Å². The number of benzene rings is 2. The van der Waals surface area contributed by atoms with Crippen LogP contribution in [0.2, 0.25) is 0 Å². The van der Waals surface area contributed by atoms with E-state index in [0.29, 0.717) is 22.6 Å². The number of pyridine rings is 1. The van der Waals surface area contributed by atoms with Crippen LogP contribution in [0.3, 0.4) is 0 Å². The van der Waals surface area contributed by atoms with Gasteiger partial charge in [-0.3, -0.25) is 10.4 Å². The number of fused-ring (bicyclic) bond motifs is 1. The van der Waals surface area contributed by atoms with Crippen molar-refractivity contribution in [1.29, 1.82) is 10.8 Å². The van der Waals surface area contributed by atoms with Gasteiger partial charge in [0.25, 0.3) is 0 Å². The molecule has 1 aromatic heterocycles. The summed E-state index contributed by atoms with van der Waals surface area (Å²) in [5.74, 6) is 0.789. The summed E-state index contributed by atoms with van der Waals surface area (Å²) in [6.07, 6.45) is 4.29. The van der Waals surface area contributed by atoms with Crippen molar-refractivity contribution in [3.63, 3.8) is 0 Å². The van der Waals surface area contributed by atoms with E-state index in [-0.39, 0.29) is 24.0 Å². The maximum Gasteiger partial charge on any atom is 0.146 e. The third kappa shape index (κ3) is 5.26. The summed E-state index contributed by atoms with van der Waals surface area (Å²) >= 11 is 0.